The third-order valence-corrected chi connectivity index (χ3v) is 6.38. The van der Waals surface area contributed by atoms with Crippen molar-refractivity contribution in [3.05, 3.63) is 17.6 Å². The van der Waals surface area contributed by atoms with E-state index in [1.54, 1.807) is 17.7 Å². The molecule has 4 heterocycles. The number of hydrogen-bond donors (Lipinski definition) is 0. The van der Waals surface area contributed by atoms with Crippen LogP contribution in [-0.4, -0.2) is 47.9 Å². The summed E-state index contributed by atoms with van der Waals surface area (Å²) >= 11 is 1.73. The highest BCUT2D eigenvalue weighted by atomic mass is 32.1. The van der Waals surface area contributed by atoms with E-state index in [1.807, 2.05) is 6.92 Å². The highest BCUT2D eigenvalue weighted by molar-refractivity contribution is 7.26. The van der Waals surface area contributed by atoms with Crippen molar-refractivity contribution in [3.63, 3.8) is 0 Å². The standard InChI is InChI=1S/C19H22N4O2S/c1-2-25-19-17-15(20-11-21-19)14-12-5-3-4-6-13(12)22-18(16(14)26-17)23-7-9-24-10-8-23/h11H,2-10H2,1H3. The Morgan fingerprint density at radius 3 is 2.85 bits per heavy atom. The van der Waals surface area contributed by atoms with Crippen LogP contribution in [0.1, 0.15) is 31.0 Å². The van der Waals surface area contributed by atoms with Crippen molar-refractivity contribution >= 4 is 37.5 Å². The van der Waals surface area contributed by atoms with E-state index >= 15 is 0 Å². The molecule has 3 aromatic rings. The number of morpholine rings is 1. The van der Waals surface area contributed by atoms with Gasteiger partial charge in [0.25, 0.3) is 0 Å². The van der Waals surface area contributed by atoms with Crippen molar-refractivity contribution in [2.24, 2.45) is 0 Å². The number of aryl methyl sites for hydroxylation is 2. The molecule has 0 amide bonds. The highest BCUT2D eigenvalue weighted by Gasteiger charge is 2.26. The van der Waals surface area contributed by atoms with Crippen LogP contribution < -0.4 is 9.64 Å². The van der Waals surface area contributed by atoms with Crippen LogP contribution in [0.25, 0.3) is 20.3 Å². The number of anilines is 1. The van der Waals surface area contributed by atoms with Crippen molar-refractivity contribution in [1.29, 1.82) is 0 Å². The van der Waals surface area contributed by atoms with Crippen LogP contribution in [0.3, 0.4) is 0 Å². The van der Waals surface area contributed by atoms with Gasteiger partial charge in [-0.05, 0) is 38.2 Å². The fourth-order valence-corrected chi connectivity index (χ4v) is 5.26. The number of rotatable bonds is 3. The summed E-state index contributed by atoms with van der Waals surface area (Å²) in [5, 5.41) is 1.28. The average Bonchev–Trinajstić information content (AvgIpc) is 3.09. The van der Waals surface area contributed by atoms with Gasteiger partial charge in [0, 0.05) is 24.2 Å². The third kappa shape index (κ3) is 2.53. The Morgan fingerprint density at radius 2 is 2.00 bits per heavy atom. The Kier molecular flexibility index (Phi) is 4.13. The van der Waals surface area contributed by atoms with Gasteiger partial charge in [-0.1, -0.05) is 0 Å². The van der Waals surface area contributed by atoms with Crippen LogP contribution in [0, 0.1) is 0 Å². The Hall–Kier alpha value is -1.99. The predicted molar refractivity (Wildman–Crippen MR) is 104 cm³/mol. The van der Waals surface area contributed by atoms with E-state index in [2.05, 4.69) is 14.9 Å². The summed E-state index contributed by atoms with van der Waals surface area (Å²) in [4.78, 5) is 16.5. The fraction of sp³-hybridized carbons (Fsp3) is 0.526. The fourth-order valence-electron chi connectivity index (χ4n) is 4.02. The van der Waals surface area contributed by atoms with Crippen LogP contribution in [-0.2, 0) is 17.6 Å². The van der Waals surface area contributed by atoms with Crippen molar-refractivity contribution in [2.75, 3.05) is 37.8 Å². The number of pyridine rings is 1. The summed E-state index contributed by atoms with van der Waals surface area (Å²) < 4.78 is 13.6. The minimum Gasteiger partial charge on any atom is -0.477 e. The summed E-state index contributed by atoms with van der Waals surface area (Å²) in [6.07, 6.45) is 6.21. The zero-order valence-corrected chi connectivity index (χ0v) is 15.8. The number of hydrogen-bond acceptors (Lipinski definition) is 7. The third-order valence-electron chi connectivity index (χ3n) is 5.22. The molecule has 0 atom stereocenters. The molecule has 26 heavy (non-hydrogen) atoms. The van der Waals surface area contributed by atoms with Gasteiger partial charge in [-0.15, -0.1) is 11.3 Å². The molecule has 7 heteroatoms. The van der Waals surface area contributed by atoms with Crippen LogP contribution >= 0.6 is 11.3 Å². The maximum atomic E-state index is 5.78. The molecule has 1 aliphatic carbocycles. The first-order valence-corrected chi connectivity index (χ1v) is 10.2. The summed E-state index contributed by atoms with van der Waals surface area (Å²) in [6.45, 7) is 5.89. The smallest absolute Gasteiger partial charge is 0.234 e. The van der Waals surface area contributed by atoms with Gasteiger partial charge in [0.15, 0.2) is 0 Å². The lowest BCUT2D eigenvalue weighted by Crippen LogP contribution is -2.37. The van der Waals surface area contributed by atoms with Crippen LogP contribution in [0.5, 0.6) is 5.88 Å². The van der Waals surface area contributed by atoms with Gasteiger partial charge in [0.2, 0.25) is 5.88 Å². The normalized spacial score (nSPS) is 17.7. The second-order valence-corrected chi connectivity index (χ2v) is 7.78. The van der Waals surface area contributed by atoms with E-state index in [1.165, 1.54) is 34.2 Å². The number of aromatic nitrogens is 3. The minimum absolute atomic E-state index is 0.604. The Morgan fingerprint density at radius 1 is 1.15 bits per heavy atom. The Labute approximate surface area is 156 Å². The number of thiophene rings is 1. The Bertz CT molecular complexity index is 965. The number of nitrogens with zero attached hydrogens (tertiary/aromatic N) is 4. The molecular formula is C19H22N4O2S. The molecule has 0 aromatic carbocycles. The van der Waals surface area contributed by atoms with Crippen LogP contribution in [0.15, 0.2) is 6.33 Å². The largest absolute Gasteiger partial charge is 0.477 e. The van der Waals surface area contributed by atoms with Gasteiger partial charge in [0.05, 0.1) is 30.0 Å². The minimum atomic E-state index is 0.604. The zero-order chi connectivity index (χ0) is 17.5. The molecule has 2 aliphatic rings. The average molecular weight is 370 g/mol. The molecule has 1 fully saturated rings. The first-order valence-electron chi connectivity index (χ1n) is 9.41. The molecule has 5 rings (SSSR count). The predicted octanol–water partition coefficient (Wildman–Crippen LogP) is 3.35. The van der Waals surface area contributed by atoms with Gasteiger partial charge in [-0.2, -0.15) is 0 Å². The van der Waals surface area contributed by atoms with Crippen molar-refractivity contribution in [2.45, 2.75) is 32.6 Å². The molecular weight excluding hydrogens is 348 g/mol. The lowest BCUT2D eigenvalue weighted by atomic mass is 9.93. The second-order valence-electron chi connectivity index (χ2n) is 6.76. The molecule has 1 saturated heterocycles. The monoisotopic (exact) mass is 370 g/mol. The second kappa shape index (κ2) is 6.63. The molecule has 6 nitrogen and oxygen atoms in total. The summed E-state index contributed by atoms with van der Waals surface area (Å²) in [6, 6.07) is 0. The van der Waals surface area contributed by atoms with Crippen LogP contribution in [0.2, 0.25) is 0 Å². The molecule has 0 saturated carbocycles. The van der Waals surface area contributed by atoms with Crippen LogP contribution in [0.4, 0.5) is 5.82 Å². The maximum Gasteiger partial charge on any atom is 0.234 e. The molecule has 136 valence electrons. The molecule has 0 radical (unpaired) electrons. The van der Waals surface area contributed by atoms with Crippen molar-refractivity contribution < 1.29 is 9.47 Å². The molecule has 0 unspecified atom stereocenters. The van der Waals surface area contributed by atoms with E-state index < -0.39 is 0 Å². The highest BCUT2D eigenvalue weighted by Crippen LogP contribution is 2.44. The summed E-state index contributed by atoms with van der Waals surface area (Å²) in [5.41, 5.74) is 3.66. The van der Waals surface area contributed by atoms with Gasteiger partial charge in [0.1, 0.15) is 16.8 Å². The quantitative estimate of drug-likeness (QED) is 0.705. The zero-order valence-electron chi connectivity index (χ0n) is 15.0. The first-order chi connectivity index (χ1) is 12.9. The molecule has 0 spiro atoms. The molecule has 0 N–H and O–H groups in total. The van der Waals surface area contributed by atoms with Gasteiger partial charge >= 0.3 is 0 Å². The molecule has 0 bridgehead atoms. The summed E-state index contributed by atoms with van der Waals surface area (Å²) in [7, 11) is 0. The van der Waals surface area contributed by atoms with E-state index in [4.69, 9.17) is 14.5 Å². The van der Waals surface area contributed by atoms with Gasteiger partial charge in [-0.3, -0.25) is 0 Å². The number of fused-ring (bicyclic) bond motifs is 5. The van der Waals surface area contributed by atoms with Crippen molar-refractivity contribution in [3.8, 4) is 5.88 Å². The maximum absolute atomic E-state index is 5.78. The SMILES string of the molecule is CCOc1ncnc2c1sc1c(N3CCOCC3)nc3c(c12)CCCC3. The summed E-state index contributed by atoms with van der Waals surface area (Å²) in [5.74, 6) is 1.78. The van der Waals surface area contributed by atoms with Gasteiger partial charge < -0.3 is 14.4 Å². The lowest BCUT2D eigenvalue weighted by Gasteiger charge is -2.29. The van der Waals surface area contributed by atoms with E-state index in [0.29, 0.717) is 12.5 Å². The van der Waals surface area contributed by atoms with Crippen molar-refractivity contribution in [1.82, 2.24) is 15.0 Å². The van der Waals surface area contributed by atoms with Gasteiger partial charge in [-0.25, -0.2) is 15.0 Å². The first kappa shape index (κ1) is 16.2. The van der Waals surface area contributed by atoms with E-state index in [9.17, 15) is 0 Å². The lowest BCUT2D eigenvalue weighted by molar-refractivity contribution is 0.122. The Balaban J connectivity index is 1.81. The topological polar surface area (TPSA) is 60.4 Å². The molecule has 3 aromatic heterocycles. The number of ether oxygens (including phenoxy) is 2. The molecule has 1 aliphatic heterocycles. The van der Waals surface area contributed by atoms with E-state index in [-0.39, 0.29) is 0 Å². The van der Waals surface area contributed by atoms with E-state index in [0.717, 1.165) is 55.2 Å².